The van der Waals surface area contributed by atoms with Crippen LogP contribution < -0.4 is 5.32 Å². The van der Waals surface area contributed by atoms with Crippen molar-refractivity contribution < 1.29 is 31.5 Å². The predicted molar refractivity (Wildman–Crippen MR) is 99.7 cm³/mol. The number of nitrogens with zero attached hydrogens (tertiary/aromatic N) is 1. The number of aliphatic hydroxyl groups excluding tert-OH is 1. The topological polar surface area (TPSA) is 86.7 Å². The number of piperidine rings is 1. The fraction of sp³-hybridized carbons (Fsp3) is 0.278. The minimum atomic E-state index is -4.02. The lowest BCUT2D eigenvalue weighted by Crippen LogP contribution is -2.40. The number of hydrogen-bond acceptors (Lipinski definition) is 4. The van der Waals surface area contributed by atoms with E-state index in [1.165, 1.54) is 12.1 Å². The number of carbonyl (C=O) groups excluding carboxylic acids is 1. The molecule has 0 saturated carbocycles. The molecule has 1 aliphatic heterocycles. The average Bonchev–Trinajstić information content (AvgIpc) is 2.66. The van der Waals surface area contributed by atoms with Crippen molar-refractivity contribution in [2.75, 3.05) is 18.4 Å². The predicted octanol–water partition coefficient (Wildman–Crippen LogP) is 3.16. The summed E-state index contributed by atoms with van der Waals surface area (Å²) in [4.78, 5) is 12.1. The standard InChI is InChI=1S/C18H16ClF3N2O4S/c19-13-2-1-10(18(26)23-11-8-14(20)17(22)15(21)9-11)7-16(13)29(27,28)24-5-3-12(25)4-6-24/h1-2,7-9,12,25H,3-6H2,(H,23,26). The highest BCUT2D eigenvalue weighted by Crippen LogP contribution is 2.28. The quantitative estimate of drug-likeness (QED) is 0.703. The van der Waals surface area contributed by atoms with E-state index in [2.05, 4.69) is 5.32 Å². The van der Waals surface area contributed by atoms with Gasteiger partial charge in [-0.3, -0.25) is 4.79 Å². The van der Waals surface area contributed by atoms with E-state index >= 15 is 0 Å². The molecule has 0 atom stereocenters. The zero-order chi connectivity index (χ0) is 21.3. The van der Waals surface area contributed by atoms with Crippen LogP contribution in [0.3, 0.4) is 0 Å². The molecule has 2 aromatic rings. The van der Waals surface area contributed by atoms with Crippen LogP contribution in [0.2, 0.25) is 5.02 Å². The molecule has 1 saturated heterocycles. The van der Waals surface area contributed by atoms with Gasteiger partial charge in [-0.1, -0.05) is 11.6 Å². The zero-order valence-corrected chi connectivity index (χ0v) is 16.4. The number of carbonyl (C=O) groups is 1. The summed E-state index contributed by atoms with van der Waals surface area (Å²) < 4.78 is 66.5. The van der Waals surface area contributed by atoms with Crippen molar-refractivity contribution in [3.63, 3.8) is 0 Å². The van der Waals surface area contributed by atoms with Gasteiger partial charge in [-0.25, -0.2) is 21.6 Å². The Bertz CT molecular complexity index is 1030. The molecule has 0 bridgehead atoms. The van der Waals surface area contributed by atoms with Gasteiger partial charge in [-0.2, -0.15) is 4.31 Å². The maximum absolute atomic E-state index is 13.3. The Morgan fingerprint density at radius 3 is 2.28 bits per heavy atom. The molecule has 1 aliphatic rings. The van der Waals surface area contributed by atoms with Crippen molar-refractivity contribution >= 4 is 33.2 Å². The van der Waals surface area contributed by atoms with Crippen molar-refractivity contribution in [2.24, 2.45) is 0 Å². The molecule has 1 amide bonds. The van der Waals surface area contributed by atoms with Crippen molar-refractivity contribution in [3.8, 4) is 0 Å². The second kappa shape index (κ2) is 8.31. The van der Waals surface area contributed by atoms with Crippen LogP contribution in [0.15, 0.2) is 35.2 Å². The first-order valence-corrected chi connectivity index (χ1v) is 10.3. The Kier molecular flexibility index (Phi) is 6.18. The maximum atomic E-state index is 13.3. The van der Waals surface area contributed by atoms with Gasteiger partial charge in [0, 0.05) is 36.5 Å². The summed E-state index contributed by atoms with van der Waals surface area (Å²) in [6, 6.07) is 4.71. The molecule has 2 N–H and O–H groups in total. The highest BCUT2D eigenvalue weighted by atomic mass is 35.5. The molecule has 0 aliphatic carbocycles. The first-order chi connectivity index (χ1) is 13.6. The zero-order valence-electron chi connectivity index (χ0n) is 14.8. The number of halogens is 4. The van der Waals surface area contributed by atoms with Crippen LogP contribution in [0.1, 0.15) is 23.2 Å². The largest absolute Gasteiger partial charge is 0.393 e. The third kappa shape index (κ3) is 4.55. The van der Waals surface area contributed by atoms with Gasteiger partial charge in [0.15, 0.2) is 17.5 Å². The number of benzene rings is 2. The Labute approximate surface area is 169 Å². The second-order valence-electron chi connectivity index (χ2n) is 6.49. The average molecular weight is 449 g/mol. The number of anilines is 1. The molecule has 0 unspecified atom stereocenters. The molecule has 156 valence electrons. The molecule has 0 radical (unpaired) electrons. The molecule has 0 spiro atoms. The summed E-state index contributed by atoms with van der Waals surface area (Å²) in [6.45, 7) is 0.203. The van der Waals surface area contributed by atoms with Crippen LogP contribution >= 0.6 is 11.6 Å². The molecule has 6 nitrogen and oxygen atoms in total. The van der Waals surface area contributed by atoms with Gasteiger partial charge in [-0.15, -0.1) is 0 Å². The Morgan fingerprint density at radius 2 is 1.69 bits per heavy atom. The molecule has 1 fully saturated rings. The summed E-state index contributed by atoms with van der Waals surface area (Å²) in [7, 11) is -4.02. The fourth-order valence-electron chi connectivity index (χ4n) is 2.89. The smallest absolute Gasteiger partial charge is 0.255 e. The first kappa shape index (κ1) is 21.6. The van der Waals surface area contributed by atoms with E-state index in [0.717, 1.165) is 10.4 Å². The lowest BCUT2D eigenvalue weighted by atomic mass is 10.1. The van der Waals surface area contributed by atoms with Gasteiger partial charge in [0.25, 0.3) is 5.91 Å². The Morgan fingerprint density at radius 1 is 1.10 bits per heavy atom. The molecule has 3 rings (SSSR count). The molecule has 29 heavy (non-hydrogen) atoms. The van der Waals surface area contributed by atoms with Crippen LogP contribution in [-0.4, -0.2) is 42.9 Å². The van der Waals surface area contributed by atoms with Gasteiger partial charge in [0.05, 0.1) is 11.1 Å². The minimum Gasteiger partial charge on any atom is -0.393 e. The lowest BCUT2D eigenvalue weighted by Gasteiger charge is -2.29. The monoisotopic (exact) mass is 448 g/mol. The number of amides is 1. The van der Waals surface area contributed by atoms with Gasteiger partial charge < -0.3 is 10.4 Å². The second-order valence-corrected chi connectivity index (χ2v) is 8.80. The first-order valence-electron chi connectivity index (χ1n) is 8.53. The van der Waals surface area contributed by atoms with Crippen LogP contribution in [0.25, 0.3) is 0 Å². The number of sulfonamides is 1. The fourth-order valence-corrected chi connectivity index (χ4v) is 4.86. The van der Waals surface area contributed by atoms with Crippen molar-refractivity contribution in [1.29, 1.82) is 0 Å². The Hall–Kier alpha value is -2.14. The van der Waals surface area contributed by atoms with Gasteiger partial charge >= 0.3 is 0 Å². The molecule has 11 heteroatoms. The third-order valence-corrected chi connectivity index (χ3v) is 6.86. The summed E-state index contributed by atoms with van der Waals surface area (Å²) in [5, 5.41) is 11.6. The van der Waals surface area contributed by atoms with E-state index in [4.69, 9.17) is 11.6 Å². The molecular weight excluding hydrogens is 433 g/mol. The normalized spacial score (nSPS) is 16.0. The molecular formula is C18H16ClF3N2O4S. The SMILES string of the molecule is O=C(Nc1cc(F)c(F)c(F)c1)c1ccc(Cl)c(S(=O)(=O)N2CCC(O)CC2)c1. The van der Waals surface area contributed by atoms with Gasteiger partial charge in [-0.05, 0) is 31.0 Å². The highest BCUT2D eigenvalue weighted by Gasteiger charge is 2.31. The summed E-state index contributed by atoms with van der Waals surface area (Å²) in [5.41, 5.74) is -0.467. The van der Waals surface area contributed by atoms with Crippen molar-refractivity contribution in [3.05, 3.63) is 58.4 Å². The maximum Gasteiger partial charge on any atom is 0.255 e. The van der Waals surface area contributed by atoms with E-state index in [9.17, 15) is 31.5 Å². The summed E-state index contributed by atoms with van der Waals surface area (Å²) >= 11 is 6.02. The Balaban J connectivity index is 1.87. The van der Waals surface area contributed by atoms with Gasteiger partial charge in [0.2, 0.25) is 10.0 Å². The van der Waals surface area contributed by atoms with E-state index in [0.29, 0.717) is 12.1 Å². The van der Waals surface area contributed by atoms with Crippen molar-refractivity contribution in [2.45, 2.75) is 23.8 Å². The number of aliphatic hydroxyl groups is 1. The summed E-state index contributed by atoms with van der Waals surface area (Å²) in [5.74, 6) is -5.49. The third-order valence-electron chi connectivity index (χ3n) is 4.48. The van der Waals surface area contributed by atoms with E-state index < -0.39 is 39.5 Å². The van der Waals surface area contributed by atoms with E-state index in [-0.39, 0.29) is 47.1 Å². The number of nitrogens with one attached hydrogen (secondary N) is 1. The van der Waals surface area contributed by atoms with E-state index in [1.54, 1.807) is 0 Å². The van der Waals surface area contributed by atoms with Crippen LogP contribution in [0, 0.1) is 17.5 Å². The lowest BCUT2D eigenvalue weighted by molar-refractivity contribution is 0.102. The molecule has 2 aromatic carbocycles. The van der Waals surface area contributed by atoms with Crippen LogP contribution in [0.5, 0.6) is 0 Å². The van der Waals surface area contributed by atoms with E-state index in [1.807, 2.05) is 0 Å². The van der Waals surface area contributed by atoms with Gasteiger partial charge in [0.1, 0.15) is 4.90 Å². The van der Waals surface area contributed by atoms with Crippen LogP contribution in [-0.2, 0) is 10.0 Å². The molecule has 0 aromatic heterocycles. The molecule has 1 heterocycles. The minimum absolute atomic E-state index is 0.102. The summed E-state index contributed by atoms with van der Waals surface area (Å²) in [6.07, 6.45) is -0.0252. The van der Waals surface area contributed by atoms with Crippen LogP contribution in [0.4, 0.5) is 18.9 Å². The number of rotatable bonds is 4. The van der Waals surface area contributed by atoms with Crippen molar-refractivity contribution in [1.82, 2.24) is 4.31 Å². The highest BCUT2D eigenvalue weighted by molar-refractivity contribution is 7.89. The number of hydrogen-bond donors (Lipinski definition) is 2.